The fourth-order valence-electron chi connectivity index (χ4n) is 3.77. The number of urea groups is 1. The van der Waals surface area contributed by atoms with Crippen molar-refractivity contribution in [3.8, 4) is 0 Å². The van der Waals surface area contributed by atoms with Gasteiger partial charge in [0.05, 0.1) is 25.8 Å². The number of rotatable bonds is 7. The SMILES string of the molecule is O=C(NCC(=O)c1ccc(N2CCOCC2)cc1)NC(c1ccccc1)c1ccccc1. The van der Waals surface area contributed by atoms with E-state index in [1.54, 1.807) is 0 Å². The van der Waals surface area contributed by atoms with Gasteiger partial charge in [-0.25, -0.2) is 4.79 Å². The maximum Gasteiger partial charge on any atom is 0.315 e. The van der Waals surface area contributed by atoms with E-state index in [0.29, 0.717) is 18.8 Å². The van der Waals surface area contributed by atoms with Crippen LogP contribution in [0.25, 0.3) is 0 Å². The molecule has 32 heavy (non-hydrogen) atoms. The third-order valence-corrected chi connectivity index (χ3v) is 5.52. The first kappa shape index (κ1) is 21.6. The molecule has 6 nitrogen and oxygen atoms in total. The predicted octanol–water partition coefficient (Wildman–Crippen LogP) is 3.79. The Bertz CT molecular complexity index is 978. The van der Waals surface area contributed by atoms with Crippen LogP contribution in [0.3, 0.4) is 0 Å². The van der Waals surface area contributed by atoms with Crippen molar-refractivity contribution in [3.05, 3.63) is 102 Å². The molecule has 1 saturated heterocycles. The molecule has 164 valence electrons. The molecule has 3 aromatic rings. The molecule has 0 bridgehead atoms. The summed E-state index contributed by atoms with van der Waals surface area (Å²) in [5.74, 6) is -0.135. The molecule has 0 saturated carbocycles. The number of amides is 2. The molecule has 4 rings (SSSR count). The van der Waals surface area contributed by atoms with E-state index < -0.39 is 0 Å². The number of carbonyl (C=O) groups excluding carboxylic acids is 2. The number of benzene rings is 3. The van der Waals surface area contributed by atoms with Crippen molar-refractivity contribution in [2.45, 2.75) is 6.04 Å². The van der Waals surface area contributed by atoms with Crippen molar-refractivity contribution >= 4 is 17.5 Å². The zero-order chi connectivity index (χ0) is 22.2. The third-order valence-electron chi connectivity index (χ3n) is 5.52. The molecule has 0 spiro atoms. The summed E-state index contributed by atoms with van der Waals surface area (Å²) in [5.41, 5.74) is 3.59. The Kier molecular flexibility index (Phi) is 7.15. The Labute approximate surface area is 188 Å². The standard InChI is InChI=1S/C26H27N3O3/c30-24(20-11-13-23(14-12-20)29-15-17-32-18-16-29)19-27-26(31)28-25(21-7-3-1-4-8-21)22-9-5-2-6-10-22/h1-14,25H,15-19H2,(H2,27,28,31). The summed E-state index contributed by atoms with van der Waals surface area (Å²) in [6.07, 6.45) is 0. The third kappa shape index (κ3) is 5.53. The lowest BCUT2D eigenvalue weighted by Crippen LogP contribution is -2.40. The Morgan fingerprint density at radius 3 is 1.94 bits per heavy atom. The van der Waals surface area contributed by atoms with Gasteiger partial charge in [0.25, 0.3) is 0 Å². The number of nitrogens with zero attached hydrogens (tertiary/aromatic N) is 1. The highest BCUT2D eigenvalue weighted by molar-refractivity contribution is 5.99. The minimum Gasteiger partial charge on any atom is -0.378 e. The number of hydrogen-bond acceptors (Lipinski definition) is 4. The molecule has 1 aliphatic heterocycles. The molecule has 0 radical (unpaired) electrons. The van der Waals surface area contributed by atoms with Gasteiger partial charge in [0.1, 0.15) is 0 Å². The second-order valence-corrected chi connectivity index (χ2v) is 7.65. The number of morpholine rings is 1. The zero-order valence-corrected chi connectivity index (χ0v) is 17.9. The summed E-state index contributed by atoms with van der Waals surface area (Å²) in [7, 11) is 0. The molecule has 2 N–H and O–H groups in total. The lowest BCUT2D eigenvalue weighted by molar-refractivity contribution is 0.0992. The minimum atomic E-state index is -0.388. The number of nitrogens with one attached hydrogen (secondary N) is 2. The van der Waals surface area contributed by atoms with E-state index in [2.05, 4.69) is 15.5 Å². The first-order valence-electron chi connectivity index (χ1n) is 10.8. The quantitative estimate of drug-likeness (QED) is 0.561. The van der Waals surface area contributed by atoms with E-state index in [9.17, 15) is 9.59 Å². The maximum absolute atomic E-state index is 12.6. The monoisotopic (exact) mass is 429 g/mol. The number of ketones is 1. The second kappa shape index (κ2) is 10.6. The lowest BCUT2D eigenvalue weighted by atomic mass is 9.99. The Balaban J connectivity index is 1.35. The van der Waals surface area contributed by atoms with E-state index in [1.165, 1.54) is 0 Å². The second-order valence-electron chi connectivity index (χ2n) is 7.65. The van der Waals surface area contributed by atoms with Gasteiger partial charge in [0, 0.05) is 24.3 Å². The van der Waals surface area contributed by atoms with Crippen LogP contribution in [-0.2, 0) is 4.74 Å². The number of hydrogen-bond donors (Lipinski definition) is 2. The van der Waals surface area contributed by atoms with Gasteiger partial charge in [0.15, 0.2) is 5.78 Å². The molecule has 3 aromatic carbocycles. The Morgan fingerprint density at radius 2 is 1.38 bits per heavy atom. The van der Waals surface area contributed by atoms with Gasteiger partial charge < -0.3 is 20.3 Å². The molecular weight excluding hydrogens is 402 g/mol. The van der Waals surface area contributed by atoms with Crippen LogP contribution in [0.5, 0.6) is 0 Å². The average molecular weight is 430 g/mol. The van der Waals surface area contributed by atoms with Crippen LogP contribution >= 0.6 is 0 Å². The fraction of sp³-hybridized carbons (Fsp3) is 0.231. The first-order chi connectivity index (χ1) is 15.7. The molecule has 2 amide bonds. The van der Waals surface area contributed by atoms with Gasteiger partial charge in [-0.2, -0.15) is 0 Å². The maximum atomic E-state index is 12.6. The highest BCUT2D eigenvalue weighted by atomic mass is 16.5. The van der Waals surface area contributed by atoms with Crippen LogP contribution in [0.2, 0.25) is 0 Å². The summed E-state index contributed by atoms with van der Waals surface area (Å²) in [4.78, 5) is 27.4. The molecular formula is C26H27N3O3. The van der Waals surface area contributed by atoms with Crippen LogP contribution in [0, 0.1) is 0 Å². The Hall–Kier alpha value is -3.64. The smallest absolute Gasteiger partial charge is 0.315 e. The van der Waals surface area contributed by atoms with Crippen molar-refractivity contribution < 1.29 is 14.3 Å². The molecule has 6 heteroatoms. The van der Waals surface area contributed by atoms with Crippen molar-refractivity contribution in [2.24, 2.45) is 0 Å². The number of Topliss-reactive ketones (excluding diaryl/α,β-unsaturated/α-hetero) is 1. The summed E-state index contributed by atoms with van der Waals surface area (Å²) >= 11 is 0. The van der Waals surface area contributed by atoms with Crippen LogP contribution in [0.15, 0.2) is 84.9 Å². The first-order valence-corrected chi connectivity index (χ1v) is 10.8. The molecule has 1 fully saturated rings. The normalized spacial score (nSPS) is 13.6. The van der Waals surface area contributed by atoms with Gasteiger partial charge >= 0.3 is 6.03 Å². The zero-order valence-electron chi connectivity index (χ0n) is 17.9. The summed E-state index contributed by atoms with van der Waals surface area (Å²) < 4.78 is 5.38. The van der Waals surface area contributed by atoms with E-state index in [-0.39, 0.29) is 24.4 Å². The summed E-state index contributed by atoms with van der Waals surface area (Å²) in [6, 6.07) is 26.3. The van der Waals surface area contributed by atoms with Crippen LogP contribution < -0.4 is 15.5 Å². The minimum absolute atomic E-state index is 0.0704. The topological polar surface area (TPSA) is 70.7 Å². The lowest BCUT2D eigenvalue weighted by Gasteiger charge is -2.28. The number of ether oxygens (including phenoxy) is 1. The molecule has 0 unspecified atom stereocenters. The van der Waals surface area contributed by atoms with Gasteiger partial charge in [0.2, 0.25) is 0 Å². The Morgan fingerprint density at radius 1 is 0.812 bits per heavy atom. The van der Waals surface area contributed by atoms with Crippen LogP contribution in [-0.4, -0.2) is 44.7 Å². The van der Waals surface area contributed by atoms with Gasteiger partial charge in [-0.15, -0.1) is 0 Å². The molecule has 1 heterocycles. The molecule has 0 atom stereocenters. The van der Waals surface area contributed by atoms with Crippen LogP contribution in [0.1, 0.15) is 27.5 Å². The van der Waals surface area contributed by atoms with E-state index in [0.717, 1.165) is 29.9 Å². The van der Waals surface area contributed by atoms with Gasteiger partial charge in [-0.3, -0.25) is 4.79 Å². The van der Waals surface area contributed by atoms with Gasteiger partial charge in [-0.1, -0.05) is 60.7 Å². The fourth-order valence-corrected chi connectivity index (χ4v) is 3.77. The van der Waals surface area contributed by atoms with E-state index >= 15 is 0 Å². The summed E-state index contributed by atoms with van der Waals surface area (Å²) in [6.45, 7) is 3.05. The summed E-state index contributed by atoms with van der Waals surface area (Å²) in [5, 5.41) is 5.69. The number of carbonyl (C=O) groups is 2. The number of anilines is 1. The molecule has 0 aromatic heterocycles. The highest BCUT2D eigenvalue weighted by Crippen LogP contribution is 2.21. The predicted molar refractivity (Wildman–Crippen MR) is 125 cm³/mol. The van der Waals surface area contributed by atoms with Gasteiger partial charge in [-0.05, 0) is 35.4 Å². The highest BCUT2D eigenvalue weighted by Gasteiger charge is 2.17. The van der Waals surface area contributed by atoms with E-state index in [4.69, 9.17) is 4.74 Å². The largest absolute Gasteiger partial charge is 0.378 e. The van der Waals surface area contributed by atoms with Crippen LogP contribution in [0.4, 0.5) is 10.5 Å². The molecule has 0 aliphatic carbocycles. The van der Waals surface area contributed by atoms with E-state index in [1.807, 2.05) is 84.9 Å². The van der Waals surface area contributed by atoms with Crippen molar-refractivity contribution in [1.82, 2.24) is 10.6 Å². The van der Waals surface area contributed by atoms with Crippen molar-refractivity contribution in [2.75, 3.05) is 37.7 Å². The molecule has 1 aliphatic rings. The van der Waals surface area contributed by atoms with Crippen molar-refractivity contribution in [1.29, 1.82) is 0 Å². The van der Waals surface area contributed by atoms with Crippen molar-refractivity contribution in [3.63, 3.8) is 0 Å². The average Bonchev–Trinajstić information content (AvgIpc) is 2.87.